The maximum Gasteiger partial charge on any atom is 0.218 e. The Labute approximate surface area is 77.2 Å². The minimum absolute atomic E-state index is 0.284. The highest BCUT2D eigenvalue weighted by atomic mass is 16.1. The van der Waals surface area contributed by atoms with Crippen LogP contribution in [0.1, 0.15) is 12.1 Å². The molecule has 0 saturated heterocycles. The van der Waals surface area contributed by atoms with Crippen LogP contribution in [0.2, 0.25) is 0 Å². The lowest BCUT2D eigenvalue weighted by molar-refractivity contribution is -0.117. The molecule has 0 radical (unpaired) electrons. The number of nitrogens with one attached hydrogen (secondary N) is 1. The van der Waals surface area contributed by atoms with E-state index in [0.29, 0.717) is 19.5 Å². The van der Waals surface area contributed by atoms with Crippen LogP contribution in [-0.2, 0) is 11.3 Å². The maximum absolute atomic E-state index is 10.4. The number of rotatable bonds is 5. The third kappa shape index (κ3) is 4.22. The Bertz CT molecular complexity index is 261. The van der Waals surface area contributed by atoms with Crippen molar-refractivity contribution >= 4 is 5.91 Å². The van der Waals surface area contributed by atoms with Crippen LogP contribution in [0.5, 0.6) is 0 Å². The van der Waals surface area contributed by atoms with Gasteiger partial charge >= 0.3 is 0 Å². The van der Waals surface area contributed by atoms with Crippen molar-refractivity contribution in [1.82, 2.24) is 10.3 Å². The zero-order valence-electron chi connectivity index (χ0n) is 7.36. The predicted octanol–water partition coefficient (Wildman–Crippen LogP) is 0.0466. The van der Waals surface area contributed by atoms with Crippen LogP contribution in [0.15, 0.2) is 24.4 Å². The van der Waals surface area contributed by atoms with Gasteiger partial charge in [-0.05, 0) is 12.1 Å². The smallest absolute Gasteiger partial charge is 0.218 e. The maximum atomic E-state index is 10.4. The number of carbonyl (C=O) groups is 1. The number of nitrogens with zero attached hydrogens (tertiary/aromatic N) is 1. The molecule has 70 valence electrons. The van der Waals surface area contributed by atoms with Gasteiger partial charge in [0.1, 0.15) is 0 Å². The highest BCUT2D eigenvalue weighted by molar-refractivity contribution is 5.73. The van der Waals surface area contributed by atoms with Crippen LogP contribution >= 0.6 is 0 Å². The van der Waals surface area contributed by atoms with Crippen LogP contribution < -0.4 is 11.1 Å². The molecule has 1 rings (SSSR count). The molecule has 1 aromatic heterocycles. The van der Waals surface area contributed by atoms with Crippen molar-refractivity contribution in [2.24, 2.45) is 5.73 Å². The van der Waals surface area contributed by atoms with Crippen molar-refractivity contribution < 1.29 is 4.79 Å². The Hall–Kier alpha value is -1.42. The fourth-order valence-corrected chi connectivity index (χ4v) is 0.931. The lowest BCUT2D eigenvalue weighted by atomic mass is 10.3. The summed E-state index contributed by atoms with van der Waals surface area (Å²) < 4.78 is 0. The first-order chi connectivity index (χ1) is 6.29. The molecule has 4 heteroatoms. The quantitative estimate of drug-likeness (QED) is 0.627. The molecule has 0 aliphatic rings. The van der Waals surface area contributed by atoms with Gasteiger partial charge in [-0.3, -0.25) is 9.78 Å². The first-order valence-corrected chi connectivity index (χ1v) is 4.18. The molecular formula is C9H13N3O. The number of hydrogen-bond acceptors (Lipinski definition) is 3. The van der Waals surface area contributed by atoms with Crippen molar-refractivity contribution in [3.63, 3.8) is 0 Å². The molecular weight excluding hydrogens is 166 g/mol. The number of pyridine rings is 1. The third-order valence-electron chi connectivity index (χ3n) is 1.58. The van der Waals surface area contributed by atoms with E-state index in [1.807, 2.05) is 18.2 Å². The van der Waals surface area contributed by atoms with Crippen LogP contribution in [0, 0.1) is 0 Å². The Morgan fingerprint density at radius 1 is 1.54 bits per heavy atom. The molecule has 0 saturated carbocycles. The van der Waals surface area contributed by atoms with Crippen molar-refractivity contribution in [2.75, 3.05) is 6.54 Å². The summed E-state index contributed by atoms with van der Waals surface area (Å²) in [6.07, 6.45) is 2.11. The normalized spacial score (nSPS) is 9.85. The van der Waals surface area contributed by atoms with E-state index in [9.17, 15) is 4.79 Å². The van der Waals surface area contributed by atoms with Crippen molar-refractivity contribution in [1.29, 1.82) is 0 Å². The van der Waals surface area contributed by atoms with Gasteiger partial charge in [0.05, 0.1) is 5.69 Å². The molecule has 1 heterocycles. The lowest BCUT2D eigenvalue weighted by Gasteiger charge is -2.01. The van der Waals surface area contributed by atoms with Gasteiger partial charge in [0.15, 0.2) is 0 Å². The van der Waals surface area contributed by atoms with Crippen LogP contribution in [-0.4, -0.2) is 17.4 Å². The summed E-state index contributed by atoms with van der Waals surface area (Å²) in [5.74, 6) is -0.284. The molecule has 0 aliphatic heterocycles. The summed E-state index contributed by atoms with van der Waals surface area (Å²) in [6, 6.07) is 5.72. The van der Waals surface area contributed by atoms with E-state index in [4.69, 9.17) is 5.73 Å². The van der Waals surface area contributed by atoms with E-state index in [1.54, 1.807) is 6.20 Å². The van der Waals surface area contributed by atoms with Gasteiger partial charge in [0.2, 0.25) is 5.91 Å². The van der Waals surface area contributed by atoms with Gasteiger partial charge in [-0.25, -0.2) is 0 Å². The summed E-state index contributed by atoms with van der Waals surface area (Å²) in [7, 11) is 0. The van der Waals surface area contributed by atoms with E-state index in [2.05, 4.69) is 10.3 Å². The Balaban J connectivity index is 2.17. The Morgan fingerprint density at radius 2 is 2.38 bits per heavy atom. The minimum Gasteiger partial charge on any atom is -0.370 e. The molecule has 0 bridgehead atoms. The zero-order valence-corrected chi connectivity index (χ0v) is 7.36. The largest absolute Gasteiger partial charge is 0.370 e. The molecule has 0 atom stereocenters. The number of aromatic nitrogens is 1. The van der Waals surface area contributed by atoms with Gasteiger partial charge in [-0.15, -0.1) is 0 Å². The van der Waals surface area contributed by atoms with Gasteiger partial charge in [-0.2, -0.15) is 0 Å². The van der Waals surface area contributed by atoms with E-state index in [0.717, 1.165) is 5.69 Å². The van der Waals surface area contributed by atoms with Gasteiger partial charge in [-0.1, -0.05) is 6.07 Å². The number of nitrogens with two attached hydrogens (primary N) is 1. The SMILES string of the molecule is NC(=O)CCNCc1ccccn1. The summed E-state index contributed by atoms with van der Waals surface area (Å²) in [4.78, 5) is 14.5. The predicted molar refractivity (Wildman–Crippen MR) is 49.8 cm³/mol. The molecule has 1 amide bonds. The summed E-state index contributed by atoms with van der Waals surface area (Å²) in [5, 5.41) is 3.07. The van der Waals surface area contributed by atoms with Gasteiger partial charge in [0, 0.05) is 25.7 Å². The highest BCUT2D eigenvalue weighted by Crippen LogP contribution is 1.91. The first-order valence-electron chi connectivity index (χ1n) is 4.18. The molecule has 0 aromatic carbocycles. The fraction of sp³-hybridized carbons (Fsp3) is 0.333. The van der Waals surface area contributed by atoms with Crippen molar-refractivity contribution in [2.45, 2.75) is 13.0 Å². The fourth-order valence-electron chi connectivity index (χ4n) is 0.931. The van der Waals surface area contributed by atoms with Crippen LogP contribution in [0.4, 0.5) is 0 Å². The topological polar surface area (TPSA) is 68.0 Å². The second-order valence-corrected chi connectivity index (χ2v) is 2.71. The molecule has 1 aromatic rings. The molecule has 0 aliphatic carbocycles. The van der Waals surface area contributed by atoms with E-state index < -0.39 is 0 Å². The molecule has 4 nitrogen and oxygen atoms in total. The second kappa shape index (κ2) is 5.27. The van der Waals surface area contributed by atoms with Crippen LogP contribution in [0.3, 0.4) is 0 Å². The molecule has 0 unspecified atom stereocenters. The Kier molecular flexibility index (Phi) is 3.92. The summed E-state index contributed by atoms with van der Waals surface area (Å²) >= 11 is 0. The van der Waals surface area contributed by atoms with Gasteiger partial charge < -0.3 is 11.1 Å². The second-order valence-electron chi connectivity index (χ2n) is 2.71. The molecule has 0 fully saturated rings. The number of hydrogen-bond donors (Lipinski definition) is 2. The minimum atomic E-state index is -0.284. The zero-order chi connectivity index (χ0) is 9.52. The monoisotopic (exact) mass is 179 g/mol. The van der Waals surface area contributed by atoms with Crippen molar-refractivity contribution in [3.8, 4) is 0 Å². The summed E-state index contributed by atoms with van der Waals surface area (Å²) in [6.45, 7) is 1.28. The van der Waals surface area contributed by atoms with E-state index in [-0.39, 0.29) is 5.91 Å². The molecule has 13 heavy (non-hydrogen) atoms. The van der Waals surface area contributed by atoms with E-state index >= 15 is 0 Å². The molecule has 3 N–H and O–H groups in total. The van der Waals surface area contributed by atoms with Crippen LogP contribution in [0.25, 0.3) is 0 Å². The van der Waals surface area contributed by atoms with Gasteiger partial charge in [0.25, 0.3) is 0 Å². The lowest BCUT2D eigenvalue weighted by Crippen LogP contribution is -2.21. The first kappa shape index (κ1) is 9.67. The number of amides is 1. The third-order valence-corrected chi connectivity index (χ3v) is 1.58. The average Bonchev–Trinajstić information content (AvgIpc) is 2.14. The number of primary amides is 1. The van der Waals surface area contributed by atoms with Crippen molar-refractivity contribution in [3.05, 3.63) is 30.1 Å². The highest BCUT2D eigenvalue weighted by Gasteiger charge is 1.94. The Morgan fingerprint density at radius 3 is 3.00 bits per heavy atom. The van der Waals surface area contributed by atoms with E-state index in [1.165, 1.54) is 0 Å². The number of carbonyl (C=O) groups excluding carboxylic acids is 1. The standard InChI is InChI=1S/C9H13N3O/c10-9(13)4-6-11-7-8-3-1-2-5-12-8/h1-3,5,11H,4,6-7H2,(H2,10,13). The summed E-state index contributed by atoms with van der Waals surface area (Å²) in [5.41, 5.74) is 5.94. The molecule has 0 spiro atoms. The average molecular weight is 179 g/mol.